The molecule has 5 rings (SSSR count). The van der Waals surface area contributed by atoms with Crippen LogP contribution in [-0.2, 0) is 6.42 Å². The first-order valence-electron chi connectivity index (χ1n) is 7.97. The van der Waals surface area contributed by atoms with Gasteiger partial charge in [0, 0.05) is 18.2 Å². The van der Waals surface area contributed by atoms with Crippen molar-refractivity contribution >= 4 is 22.5 Å². The Bertz CT molecular complexity index is 1140. The number of pyridine rings is 1. The van der Waals surface area contributed by atoms with Crippen molar-refractivity contribution in [3.05, 3.63) is 72.4 Å². The van der Waals surface area contributed by atoms with Crippen LogP contribution < -0.4 is 0 Å². The predicted octanol–water partition coefficient (Wildman–Crippen LogP) is 4.27. The Morgan fingerprint density at radius 3 is 2.76 bits per heavy atom. The molecule has 3 heterocycles. The van der Waals surface area contributed by atoms with Gasteiger partial charge in [0.05, 0.1) is 11.9 Å². The molecule has 1 N–H and O–H groups in total. The lowest BCUT2D eigenvalue weighted by Gasteiger charge is -2.00. The van der Waals surface area contributed by atoms with Crippen LogP contribution in [0.15, 0.2) is 70.3 Å². The normalized spacial score (nSPS) is 13.0. The van der Waals surface area contributed by atoms with Gasteiger partial charge in [-0.15, -0.1) is 0 Å². The number of aromatic hydroxyl groups is 1. The molecule has 0 unspecified atom stereocenters. The van der Waals surface area contributed by atoms with Crippen LogP contribution in [-0.4, -0.2) is 20.8 Å². The molecule has 0 saturated carbocycles. The fourth-order valence-electron chi connectivity index (χ4n) is 3.07. The van der Waals surface area contributed by atoms with E-state index < -0.39 is 0 Å². The molecule has 0 aliphatic carbocycles. The van der Waals surface area contributed by atoms with Gasteiger partial charge in [0.2, 0.25) is 5.89 Å². The smallest absolute Gasteiger partial charge is 0.242 e. The molecule has 0 radical (unpaired) electrons. The number of fused-ring (bicyclic) bond motifs is 2. The zero-order valence-electron chi connectivity index (χ0n) is 13.2. The van der Waals surface area contributed by atoms with Gasteiger partial charge in [0.1, 0.15) is 17.0 Å². The summed E-state index contributed by atoms with van der Waals surface area (Å²) in [5.41, 5.74) is 6.22. The number of aliphatic imine (C=N–C) groups is 1. The molecule has 4 aromatic rings. The van der Waals surface area contributed by atoms with Crippen molar-refractivity contribution in [3.63, 3.8) is 0 Å². The molecule has 1 aliphatic heterocycles. The molecule has 1 aliphatic rings. The molecule has 2 aromatic heterocycles. The second kappa shape index (κ2) is 5.27. The number of para-hydroxylation sites is 1. The minimum Gasteiger partial charge on any atom is -0.506 e. The predicted molar refractivity (Wildman–Crippen MR) is 95.2 cm³/mol. The van der Waals surface area contributed by atoms with Crippen LogP contribution in [0, 0.1) is 0 Å². The molecule has 0 spiro atoms. The molecule has 0 fully saturated rings. The fraction of sp³-hybridized carbons (Fsp3) is 0.0500. The van der Waals surface area contributed by atoms with Crippen LogP contribution in [0.2, 0.25) is 0 Å². The summed E-state index contributed by atoms with van der Waals surface area (Å²) in [5, 5.41) is 9.61. The van der Waals surface area contributed by atoms with E-state index in [1.807, 2.05) is 36.4 Å². The second-order valence-electron chi connectivity index (χ2n) is 6.00. The first-order chi connectivity index (χ1) is 12.3. The van der Waals surface area contributed by atoms with Crippen molar-refractivity contribution in [2.75, 3.05) is 0 Å². The summed E-state index contributed by atoms with van der Waals surface area (Å²) in [6.07, 6.45) is 3.84. The first kappa shape index (κ1) is 13.9. The van der Waals surface area contributed by atoms with E-state index in [9.17, 15) is 5.11 Å². The molecular weight excluding hydrogens is 314 g/mol. The molecule has 120 valence electrons. The summed E-state index contributed by atoms with van der Waals surface area (Å²) in [5.74, 6) is 0.686. The second-order valence-corrected chi connectivity index (χ2v) is 6.00. The van der Waals surface area contributed by atoms with Crippen LogP contribution in [0.25, 0.3) is 22.2 Å². The van der Waals surface area contributed by atoms with Crippen molar-refractivity contribution in [2.24, 2.45) is 4.99 Å². The van der Waals surface area contributed by atoms with E-state index >= 15 is 0 Å². The van der Waals surface area contributed by atoms with E-state index in [4.69, 9.17) is 4.42 Å². The number of aromatic nitrogens is 2. The summed E-state index contributed by atoms with van der Waals surface area (Å²) in [4.78, 5) is 13.2. The minimum absolute atomic E-state index is 0.133. The lowest BCUT2D eigenvalue weighted by atomic mass is 10.1. The SMILES string of the molecule is Oc1cncc(-c2ccc3nc(C4=Nc5ccccc5C4)oc3c2)c1. The Morgan fingerprint density at radius 1 is 0.960 bits per heavy atom. The van der Waals surface area contributed by atoms with Crippen molar-refractivity contribution in [1.29, 1.82) is 0 Å². The van der Waals surface area contributed by atoms with Crippen LogP contribution in [0.3, 0.4) is 0 Å². The third-order valence-corrected chi connectivity index (χ3v) is 4.30. The number of rotatable bonds is 2. The molecule has 25 heavy (non-hydrogen) atoms. The fourth-order valence-corrected chi connectivity index (χ4v) is 3.07. The Kier molecular flexibility index (Phi) is 2.94. The highest BCUT2D eigenvalue weighted by Crippen LogP contribution is 2.30. The molecule has 5 nitrogen and oxygen atoms in total. The van der Waals surface area contributed by atoms with E-state index in [2.05, 4.69) is 21.0 Å². The minimum atomic E-state index is 0.133. The highest BCUT2D eigenvalue weighted by molar-refractivity contribution is 6.04. The lowest BCUT2D eigenvalue weighted by Crippen LogP contribution is -2.00. The summed E-state index contributed by atoms with van der Waals surface area (Å²) < 4.78 is 5.95. The van der Waals surface area contributed by atoms with Gasteiger partial charge in [-0.3, -0.25) is 4.98 Å². The van der Waals surface area contributed by atoms with Crippen LogP contribution in [0.5, 0.6) is 5.75 Å². The Balaban J connectivity index is 1.55. The number of benzene rings is 2. The zero-order valence-corrected chi connectivity index (χ0v) is 13.2. The van der Waals surface area contributed by atoms with Crippen molar-refractivity contribution in [2.45, 2.75) is 6.42 Å². The average molecular weight is 327 g/mol. The van der Waals surface area contributed by atoms with Gasteiger partial charge in [-0.25, -0.2) is 9.98 Å². The summed E-state index contributed by atoms with van der Waals surface area (Å²) in [6, 6.07) is 15.5. The number of nitrogens with zero attached hydrogens (tertiary/aromatic N) is 3. The molecular formula is C20H13N3O2. The highest BCUT2D eigenvalue weighted by atomic mass is 16.3. The quantitative estimate of drug-likeness (QED) is 0.597. The zero-order chi connectivity index (χ0) is 16.8. The van der Waals surface area contributed by atoms with Crippen LogP contribution >= 0.6 is 0 Å². The monoisotopic (exact) mass is 327 g/mol. The molecule has 2 aromatic carbocycles. The van der Waals surface area contributed by atoms with Gasteiger partial charge in [0.15, 0.2) is 5.58 Å². The summed E-state index contributed by atoms with van der Waals surface area (Å²) in [7, 11) is 0. The van der Waals surface area contributed by atoms with Gasteiger partial charge >= 0.3 is 0 Å². The summed E-state index contributed by atoms with van der Waals surface area (Å²) >= 11 is 0. The molecule has 5 heteroatoms. The van der Waals surface area contributed by atoms with E-state index in [0.717, 1.165) is 34.5 Å². The van der Waals surface area contributed by atoms with Crippen molar-refractivity contribution < 1.29 is 9.52 Å². The highest BCUT2D eigenvalue weighted by Gasteiger charge is 2.20. The summed E-state index contributed by atoms with van der Waals surface area (Å²) in [6.45, 7) is 0. The first-order valence-corrected chi connectivity index (χ1v) is 7.97. The maximum absolute atomic E-state index is 9.61. The third kappa shape index (κ3) is 2.37. The molecule has 0 atom stereocenters. The Morgan fingerprint density at radius 2 is 1.88 bits per heavy atom. The maximum Gasteiger partial charge on any atom is 0.242 e. The molecule has 0 saturated heterocycles. The molecule has 0 bridgehead atoms. The average Bonchev–Trinajstić information content (AvgIpc) is 3.24. The van der Waals surface area contributed by atoms with Gasteiger partial charge < -0.3 is 9.52 Å². The lowest BCUT2D eigenvalue weighted by molar-refractivity contribution is 0.473. The van der Waals surface area contributed by atoms with Gasteiger partial charge in [-0.05, 0) is 35.4 Å². The van der Waals surface area contributed by atoms with Gasteiger partial charge in [-0.1, -0.05) is 24.3 Å². The third-order valence-electron chi connectivity index (χ3n) is 4.30. The number of hydrogen-bond donors (Lipinski definition) is 1. The van der Waals surface area contributed by atoms with Crippen molar-refractivity contribution in [1.82, 2.24) is 9.97 Å². The molecule has 0 amide bonds. The van der Waals surface area contributed by atoms with Crippen LogP contribution in [0.1, 0.15) is 11.5 Å². The van der Waals surface area contributed by atoms with Crippen molar-refractivity contribution in [3.8, 4) is 16.9 Å². The van der Waals surface area contributed by atoms with E-state index in [-0.39, 0.29) is 5.75 Å². The Labute approximate surface area is 143 Å². The largest absolute Gasteiger partial charge is 0.506 e. The van der Waals surface area contributed by atoms with E-state index in [1.54, 1.807) is 12.3 Å². The topological polar surface area (TPSA) is 71.5 Å². The number of oxazole rings is 1. The van der Waals surface area contributed by atoms with E-state index in [1.165, 1.54) is 11.8 Å². The van der Waals surface area contributed by atoms with Gasteiger partial charge in [-0.2, -0.15) is 0 Å². The van der Waals surface area contributed by atoms with Gasteiger partial charge in [0.25, 0.3) is 0 Å². The maximum atomic E-state index is 9.61. The number of hydrogen-bond acceptors (Lipinski definition) is 5. The van der Waals surface area contributed by atoms with E-state index in [0.29, 0.717) is 11.5 Å². The Hall–Kier alpha value is -3.47. The van der Waals surface area contributed by atoms with Crippen LogP contribution in [0.4, 0.5) is 5.69 Å². The standard InChI is InChI=1S/C20H13N3O2/c24-15-7-14(10-21-11-15)12-5-6-17-19(9-12)25-20(23-17)18-8-13-3-1-2-4-16(13)22-18/h1-7,9-11,24H,8H2.